The van der Waals surface area contributed by atoms with Gasteiger partial charge >= 0.3 is 0 Å². The first kappa shape index (κ1) is 23.3. The minimum atomic E-state index is -4.28. The van der Waals surface area contributed by atoms with Crippen molar-refractivity contribution in [3.63, 3.8) is 0 Å². The fourth-order valence-corrected chi connectivity index (χ4v) is 8.39. The van der Waals surface area contributed by atoms with Crippen LogP contribution in [0.1, 0.15) is 25.0 Å². The van der Waals surface area contributed by atoms with Gasteiger partial charge in [0.05, 0.1) is 32.7 Å². The van der Waals surface area contributed by atoms with Gasteiger partial charge in [-0.15, -0.1) is 0 Å². The molecule has 2 aromatic rings. The molecule has 0 saturated heterocycles. The van der Waals surface area contributed by atoms with Crippen molar-refractivity contribution in [1.29, 1.82) is 0 Å². The molecule has 4 rings (SSSR count). The first-order valence-corrected chi connectivity index (χ1v) is 15.1. The van der Waals surface area contributed by atoms with Crippen molar-refractivity contribution in [3.8, 4) is 0 Å². The molecule has 0 spiro atoms. The van der Waals surface area contributed by atoms with Crippen molar-refractivity contribution in [2.24, 2.45) is 8.94 Å². The number of rotatable bonds is 5. The second-order valence-corrected chi connectivity index (χ2v) is 13.0. The molecule has 2 atom stereocenters. The number of hydrogen-bond acceptors (Lipinski definition) is 4. The lowest BCUT2D eigenvalue weighted by atomic mass is 10.2. The predicted octanol–water partition coefficient (Wildman–Crippen LogP) is 2.91. The van der Waals surface area contributed by atoms with Crippen molar-refractivity contribution < 1.29 is 25.9 Å². The average Bonchev–Trinajstić information content (AvgIpc) is 3.26. The maximum atomic E-state index is 11.5. The van der Waals surface area contributed by atoms with E-state index in [1.54, 1.807) is 12.1 Å². The zero-order valence-electron chi connectivity index (χ0n) is 17.2. The quantitative estimate of drug-likeness (QED) is 0.455. The lowest BCUT2D eigenvalue weighted by Gasteiger charge is -2.19. The zero-order chi connectivity index (χ0) is 23.3. The molecule has 2 heterocycles. The van der Waals surface area contributed by atoms with Crippen LogP contribution < -0.4 is 8.61 Å². The third kappa shape index (κ3) is 4.34. The van der Waals surface area contributed by atoms with E-state index in [4.69, 9.17) is 0 Å². The van der Waals surface area contributed by atoms with Crippen molar-refractivity contribution in [1.82, 2.24) is 0 Å². The standard InChI is InChI=1S/C18H22N4O6S4/c1-3-21-17-7-5-15(31(23,24)25)9-13(17)11-29(21)19-20-30-12-14-10-16(32(26,27)28)6-8-18(14)22(30)4-2/h5-10H,3-4,11-12H2,1-2H3,(H,23,24,25)(H,26,27,28). The summed E-state index contributed by atoms with van der Waals surface area (Å²) in [6, 6.07) is 9.04. The molecule has 0 fully saturated rings. The van der Waals surface area contributed by atoms with Crippen LogP contribution in [0.4, 0.5) is 11.4 Å². The monoisotopic (exact) mass is 518 g/mol. The van der Waals surface area contributed by atoms with E-state index in [0.717, 1.165) is 22.5 Å². The Morgan fingerprint density at radius 2 is 1.16 bits per heavy atom. The summed E-state index contributed by atoms with van der Waals surface area (Å²) >= 11 is 0. The molecule has 2 unspecified atom stereocenters. The summed E-state index contributed by atoms with van der Waals surface area (Å²) in [6.07, 6.45) is 0. The van der Waals surface area contributed by atoms with Gasteiger partial charge in [-0.25, -0.2) is 0 Å². The molecule has 0 amide bonds. The third-order valence-electron chi connectivity index (χ3n) is 5.11. The van der Waals surface area contributed by atoms with Gasteiger partial charge in [0.15, 0.2) is 0 Å². The Labute approximate surface area is 192 Å². The highest BCUT2D eigenvalue weighted by atomic mass is 32.2. The fourth-order valence-electron chi connectivity index (χ4n) is 3.69. The van der Waals surface area contributed by atoms with Crippen LogP contribution in [0.15, 0.2) is 55.1 Å². The average molecular weight is 519 g/mol. The van der Waals surface area contributed by atoms with Crippen molar-refractivity contribution in [3.05, 3.63) is 47.5 Å². The lowest BCUT2D eigenvalue weighted by molar-refractivity contribution is 0.481. The zero-order valence-corrected chi connectivity index (χ0v) is 20.5. The minimum absolute atomic E-state index is 0.144. The highest BCUT2D eigenvalue weighted by Gasteiger charge is 2.28. The number of nitrogens with zero attached hydrogens (tertiary/aromatic N) is 4. The molecule has 2 N–H and O–H groups in total. The number of fused-ring (bicyclic) bond motifs is 2. The summed E-state index contributed by atoms with van der Waals surface area (Å²) in [4.78, 5) is -0.288. The Balaban J connectivity index is 1.67. The molecule has 0 bridgehead atoms. The number of anilines is 2. The van der Waals surface area contributed by atoms with E-state index < -0.39 is 42.0 Å². The van der Waals surface area contributed by atoms with E-state index in [1.165, 1.54) is 24.3 Å². The smallest absolute Gasteiger partial charge is 0.294 e. The van der Waals surface area contributed by atoms with Gasteiger partial charge in [-0.2, -0.15) is 16.8 Å². The van der Waals surface area contributed by atoms with Gasteiger partial charge < -0.3 is 8.61 Å². The molecular weight excluding hydrogens is 496 g/mol. The molecule has 32 heavy (non-hydrogen) atoms. The third-order valence-corrected chi connectivity index (χ3v) is 10.5. The summed E-state index contributed by atoms with van der Waals surface area (Å²) in [7, 11) is -9.83. The van der Waals surface area contributed by atoms with Crippen LogP contribution in [0, 0.1) is 0 Å². The molecule has 0 radical (unpaired) electrons. The van der Waals surface area contributed by atoms with E-state index in [2.05, 4.69) is 8.94 Å². The Bertz CT molecular complexity index is 1270. The molecule has 2 aliphatic heterocycles. The van der Waals surface area contributed by atoms with E-state index >= 15 is 0 Å². The summed E-state index contributed by atoms with van der Waals surface area (Å²) in [5, 5.41) is 0. The molecule has 0 aromatic heterocycles. The maximum absolute atomic E-state index is 11.5. The number of benzene rings is 2. The van der Waals surface area contributed by atoms with E-state index in [-0.39, 0.29) is 9.79 Å². The first-order valence-electron chi connectivity index (χ1n) is 9.62. The van der Waals surface area contributed by atoms with Gasteiger partial charge in [-0.3, -0.25) is 9.11 Å². The van der Waals surface area contributed by atoms with E-state index in [0.29, 0.717) is 24.6 Å². The molecule has 10 nitrogen and oxygen atoms in total. The Hall–Kier alpha value is -1.84. The Kier molecular flexibility index (Phi) is 6.19. The molecule has 174 valence electrons. The second kappa shape index (κ2) is 8.50. The van der Waals surface area contributed by atoms with Crippen molar-refractivity contribution in [2.45, 2.75) is 35.1 Å². The van der Waals surface area contributed by atoms with Crippen LogP contribution in [0.25, 0.3) is 0 Å². The normalized spacial score (nSPS) is 20.8. The van der Waals surface area contributed by atoms with E-state index in [9.17, 15) is 25.9 Å². The van der Waals surface area contributed by atoms with Gasteiger partial charge in [0.1, 0.15) is 0 Å². The fraction of sp³-hybridized carbons (Fsp3) is 0.333. The van der Waals surface area contributed by atoms with Crippen LogP contribution in [-0.4, -0.2) is 39.0 Å². The summed E-state index contributed by atoms with van der Waals surface area (Å²) in [5.41, 5.74) is 3.30. The van der Waals surface area contributed by atoms with Crippen LogP contribution in [0.2, 0.25) is 0 Å². The highest BCUT2D eigenvalue weighted by Crippen LogP contribution is 2.36. The van der Waals surface area contributed by atoms with E-state index in [1.807, 2.05) is 22.5 Å². The molecule has 14 heteroatoms. The topological polar surface area (TPSA) is 140 Å². The SMILES string of the molecule is CCN1c2ccc(S(=O)(=O)O)cc2CS1=NN=S1Cc2cc(S(=O)(=O)O)ccc2N1CC. The second-order valence-electron chi connectivity index (χ2n) is 7.05. The largest absolute Gasteiger partial charge is 0.306 e. The Morgan fingerprint density at radius 3 is 1.47 bits per heavy atom. The number of hydrogen-bond donors (Lipinski definition) is 2. The Morgan fingerprint density at radius 1 is 0.781 bits per heavy atom. The minimum Gasteiger partial charge on any atom is -0.306 e. The van der Waals surface area contributed by atoms with Gasteiger partial charge in [0.25, 0.3) is 20.2 Å². The maximum Gasteiger partial charge on any atom is 0.294 e. The van der Waals surface area contributed by atoms with Crippen LogP contribution >= 0.6 is 0 Å². The van der Waals surface area contributed by atoms with Crippen molar-refractivity contribution >= 4 is 53.4 Å². The van der Waals surface area contributed by atoms with Gasteiger partial charge in [-0.1, -0.05) is 8.94 Å². The summed E-state index contributed by atoms with van der Waals surface area (Å²) in [5.74, 6) is 0.971. The first-order chi connectivity index (χ1) is 15.0. The molecule has 2 aliphatic rings. The lowest BCUT2D eigenvalue weighted by Crippen LogP contribution is -2.22. The van der Waals surface area contributed by atoms with Crippen LogP contribution in [-0.2, 0) is 53.5 Å². The van der Waals surface area contributed by atoms with Gasteiger partial charge in [0, 0.05) is 34.8 Å². The van der Waals surface area contributed by atoms with Crippen LogP contribution in [0.3, 0.4) is 0 Å². The van der Waals surface area contributed by atoms with Crippen LogP contribution in [0.5, 0.6) is 0 Å². The molecule has 0 aliphatic carbocycles. The van der Waals surface area contributed by atoms with Gasteiger partial charge in [-0.05, 0) is 61.4 Å². The summed E-state index contributed by atoms with van der Waals surface area (Å²) in [6.45, 7) is 5.27. The highest BCUT2D eigenvalue weighted by molar-refractivity contribution is 7.90. The molecule has 0 saturated carbocycles. The predicted molar refractivity (Wildman–Crippen MR) is 126 cm³/mol. The molecular formula is C18H22N4O6S4. The summed E-state index contributed by atoms with van der Waals surface area (Å²) < 4.78 is 77.8. The van der Waals surface area contributed by atoms with Gasteiger partial charge in [0.2, 0.25) is 0 Å². The van der Waals surface area contributed by atoms with Crippen molar-refractivity contribution in [2.75, 3.05) is 21.7 Å². The molecule has 2 aromatic carbocycles.